The van der Waals surface area contributed by atoms with Gasteiger partial charge in [-0.3, -0.25) is 4.98 Å². The Labute approximate surface area is 89.8 Å². The highest BCUT2D eigenvalue weighted by atomic mass is 14.6. The van der Waals surface area contributed by atoms with Crippen LogP contribution in [0.2, 0.25) is 0 Å². The van der Waals surface area contributed by atoms with Crippen molar-refractivity contribution in [2.24, 2.45) is 0 Å². The van der Waals surface area contributed by atoms with Crippen molar-refractivity contribution in [3.8, 4) is 0 Å². The lowest BCUT2D eigenvalue weighted by Gasteiger charge is -2.05. The molecule has 15 heavy (non-hydrogen) atoms. The first-order valence-electron chi connectivity index (χ1n) is 4.94. The molecule has 0 N–H and O–H groups in total. The van der Waals surface area contributed by atoms with Gasteiger partial charge in [0, 0.05) is 11.6 Å². The molecule has 0 unspecified atom stereocenters. The Morgan fingerprint density at radius 3 is 2.87 bits per heavy atom. The van der Waals surface area contributed by atoms with Gasteiger partial charge in [0.15, 0.2) is 0 Å². The molecular formula is C14H13N. The van der Waals surface area contributed by atoms with Crippen LogP contribution in [0.15, 0.2) is 61.3 Å². The van der Waals surface area contributed by atoms with E-state index in [4.69, 9.17) is 0 Å². The predicted octanol–water partition coefficient (Wildman–Crippen LogP) is 3.52. The van der Waals surface area contributed by atoms with E-state index in [0.717, 1.165) is 17.5 Å². The smallest absolute Gasteiger partial charge is 0.0704 e. The number of para-hydroxylation sites is 1. The monoisotopic (exact) mass is 195 g/mol. The zero-order valence-electron chi connectivity index (χ0n) is 8.61. The number of fused-ring (bicyclic) bond motifs is 1. The molecule has 0 bridgehead atoms. The molecule has 0 atom stereocenters. The number of allylic oxidation sites excluding steroid dienone is 2. The number of aromatic nitrogens is 1. The van der Waals surface area contributed by atoms with Crippen LogP contribution in [0, 0.1) is 0 Å². The number of benzene rings is 1. The maximum atomic E-state index is 4.32. The quantitative estimate of drug-likeness (QED) is 0.683. The highest BCUT2D eigenvalue weighted by Crippen LogP contribution is 2.18. The van der Waals surface area contributed by atoms with Crippen LogP contribution in [-0.4, -0.2) is 4.98 Å². The average molecular weight is 195 g/mol. The fraction of sp³-hybridized carbons (Fsp3) is 0.0714. The number of hydrogen-bond acceptors (Lipinski definition) is 1. The maximum Gasteiger partial charge on any atom is 0.0704 e. The Hall–Kier alpha value is -1.89. The predicted molar refractivity (Wildman–Crippen MR) is 64.8 cm³/mol. The molecule has 1 aromatic carbocycles. The summed E-state index contributed by atoms with van der Waals surface area (Å²) >= 11 is 0. The zero-order chi connectivity index (χ0) is 10.7. The van der Waals surface area contributed by atoms with Gasteiger partial charge in [-0.15, -0.1) is 0 Å². The number of nitrogens with zero attached hydrogens (tertiary/aromatic N) is 1. The summed E-state index contributed by atoms with van der Waals surface area (Å²) in [6.07, 6.45) is 4.48. The summed E-state index contributed by atoms with van der Waals surface area (Å²) in [5.74, 6) is 0. The summed E-state index contributed by atoms with van der Waals surface area (Å²) in [6.45, 7) is 7.66. The van der Waals surface area contributed by atoms with Crippen molar-refractivity contribution >= 4 is 10.9 Å². The van der Waals surface area contributed by atoms with E-state index in [0.29, 0.717) is 0 Å². The van der Waals surface area contributed by atoms with Crippen LogP contribution in [0.5, 0.6) is 0 Å². The summed E-state index contributed by atoms with van der Waals surface area (Å²) in [5.41, 5.74) is 3.32. The first-order valence-corrected chi connectivity index (χ1v) is 4.94. The molecule has 0 spiro atoms. The van der Waals surface area contributed by atoms with Crippen LogP contribution >= 0.6 is 0 Å². The van der Waals surface area contributed by atoms with E-state index >= 15 is 0 Å². The van der Waals surface area contributed by atoms with E-state index in [1.165, 1.54) is 10.9 Å². The molecule has 0 radical (unpaired) electrons. The minimum absolute atomic E-state index is 0.840. The lowest BCUT2D eigenvalue weighted by Crippen LogP contribution is -1.89. The fourth-order valence-corrected chi connectivity index (χ4v) is 1.63. The van der Waals surface area contributed by atoms with Crippen LogP contribution in [0.1, 0.15) is 5.56 Å². The van der Waals surface area contributed by atoms with Crippen molar-refractivity contribution in [2.45, 2.75) is 6.42 Å². The van der Waals surface area contributed by atoms with Crippen molar-refractivity contribution in [3.63, 3.8) is 0 Å². The molecule has 2 aromatic rings. The molecule has 0 aliphatic carbocycles. The molecular weight excluding hydrogens is 182 g/mol. The molecule has 0 aliphatic heterocycles. The molecule has 1 aromatic heterocycles. The Kier molecular flexibility index (Phi) is 2.64. The SMILES string of the molecule is C=CC(=C)Cc1ccnc2ccccc12. The van der Waals surface area contributed by atoms with Crippen molar-refractivity contribution in [3.05, 3.63) is 66.9 Å². The second-order valence-electron chi connectivity index (χ2n) is 3.53. The van der Waals surface area contributed by atoms with Gasteiger partial charge < -0.3 is 0 Å². The zero-order valence-corrected chi connectivity index (χ0v) is 8.61. The van der Waals surface area contributed by atoms with E-state index in [1.54, 1.807) is 6.08 Å². The van der Waals surface area contributed by atoms with E-state index in [9.17, 15) is 0 Å². The van der Waals surface area contributed by atoms with Gasteiger partial charge >= 0.3 is 0 Å². The van der Waals surface area contributed by atoms with Crippen molar-refractivity contribution in [2.75, 3.05) is 0 Å². The third kappa shape index (κ3) is 1.96. The standard InChI is InChI=1S/C14H13N/c1-3-11(2)10-12-8-9-15-14-7-5-4-6-13(12)14/h3-9H,1-2,10H2. The molecule has 0 fully saturated rings. The van der Waals surface area contributed by atoms with Crippen LogP contribution in [0.3, 0.4) is 0 Å². The van der Waals surface area contributed by atoms with Crippen molar-refractivity contribution < 1.29 is 0 Å². The van der Waals surface area contributed by atoms with Gasteiger partial charge in [0.05, 0.1) is 5.52 Å². The lowest BCUT2D eigenvalue weighted by molar-refractivity contribution is 1.21. The van der Waals surface area contributed by atoms with Gasteiger partial charge in [-0.1, -0.05) is 43.0 Å². The molecule has 1 heterocycles. The summed E-state index contributed by atoms with van der Waals surface area (Å²) in [5, 5.41) is 1.20. The minimum atomic E-state index is 0.840. The van der Waals surface area contributed by atoms with E-state index in [2.05, 4.69) is 24.2 Å². The highest BCUT2D eigenvalue weighted by molar-refractivity contribution is 5.82. The second kappa shape index (κ2) is 4.09. The van der Waals surface area contributed by atoms with E-state index in [1.807, 2.05) is 30.5 Å². The topological polar surface area (TPSA) is 12.9 Å². The molecule has 0 saturated carbocycles. The van der Waals surface area contributed by atoms with Gasteiger partial charge in [-0.05, 0) is 24.1 Å². The molecule has 0 aliphatic rings. The third-order valence-electron chi connectivity index (χ3n) is 2.45. The Morgan fingerprint density at radius 1 is 1.27 bits per heavy atom. The fourth-order valence-electron chi connectivity index (χ4n) is 1.63. The highest BCUT2D eigenvalue weighted by Gasteiger charge is 2.01. The van der Waals surface area contributed by atoms with Crippen LogP contribution < -0.4 is 0 Å². The molecule has 1 nitrogen and oxygen atoms in total. The van der Waals surface area contributed by atoms with Gasteiger partial charge in [0.1, 0.15) is 0 Å². The van der Waals surface area contributed by atoms with Crippen LogP contribution in [0.25, 0.3) is 10.9 Å². The number of rotatable bonds is 3. The van der Waals surface area contributed by atoms with E-state index < -0.39 is 0 Å². The maximum absolute atomic E-state index is 4.32. The average Bonchev–Trinajstić information content (AvgIpc) is 2.29. The molecule has 0 amide bonds. The van der Waals surface area contributed by atoms with Crippen molar-refractivity contribution in [1.82, 2.24) is 4.98 Å². The summed E-state index contributed by atoms with van der Waals surface area (Å²) in [7, 11) is 0. The van der Waals surface area contributed by atoms with Crippen molar-refractivity contribution in [1.29, 1.82) is 0 Å². The Bertz CT molecular complexity index is 506. The third-order valence-corrected chi connectivity index (χ3v) is 2.45. The molecule has 2 rings (SSSR count). The number of hydrogen-bond donors (Lipinski definition) is 0. The van der Waals surface area contributed by atoms with Crippen LogP contribution in [-0.2, 0) is 6.42 Å². The van der Waals surface area contributed by atoms with Gasteiger partial charge in [0.2, 0.25) is 0 Å². The van der Waals surface area contributed by atoms with E-state index in [-0.39, 0.29) is 0 Å². The first kappa shape index (κ1) is 9.66. The van der Waals surface area contributed by atoms with Gasteiger partial charge in [-0.25, -0.2) is 0 Å². The van der Waals surface area contributed by atoms with Gasteiger partial charge in [0.25, 0.3) is 0 Å². The summed E-state index contributed by atoms with van der Waals surface area (Å²) in [4.78, 5) is 4.32. The number of pyridine rings is 1. The second-order valence-corrected chi connectivity index (χ2v) is 3.53. The first-order chi connectivity index (χ1) is 7.31. The van der Waals surface area contributed by atoms with Crippen LogP contribution in [0.4, 0.5) is 0 Å². The molecule has 0 saturated heterocycles. The Morgan fingerprint density at radius 2 is 2.07 bits per heavy atom. The minimum Gasteiger partial charge on any atom is -0.256 e. The normalized spacial score (nSPS) is 10.1. The largest absolute Gasteiger partial charge is 0.256 e. The summed E-state index contributed by atoms with van der Waals surface area (Å²) < 4.78 is 0. The lowest BCUT2D eigenvalue weighted by atomic mass is 10.0. The summed E-state index contributed by atoms with van der Waals surface area (Å²) in [6, 6.07) is 10.2. The van der Waals surface area contributed by atoms with Gasteiger partial charge in [-0.2, -0.15) is 0 Å². The molecule has 1 heteroatoms. The Balaban J connectivity index is 2.51. The molecule has 74 valence electrons.